The van der Waals surface area contributed by atoms with Gasteiger partial charge in [-0.1, -0.05) is 0 Å². The van der Waals surface area contributed by atoms with E-state index in [9.17, 15) is 4.79 Å². The van der Waals surface area contributed by atoms with E-state index in [-0.39, 0.29) is 12.1 Å². The van der Waals surface area contributed by atoms with Crippen LogP contribution < -0.4 is 10.6 Å². The summed E-state index contributed by atoms with van der Waals surface area (Å²) < 4.78 is 10.4. The highest BCUT2D eigenvalue weighted by Crippen LogP contribution is 2.24. The molecule has 1 aliphatic heterocycles. The highest BCUT2D eigenvalue weighted by molar-refractivity contribution is 5.73. The first-order valence-corrected chi connectivity index (χ1v) is 7.09. The summed E-state index contributed by atoms with van der Waals surface area (Å²) in [6, 6.07) is 3.79. The second-order valence-corrected chi connectivity index (χ2v) is 4.90. The molecule has 1 saturated heterocycles. The molecule has 1 aromatic heterocycles. The van der Waals surface area contributed by atoms with Crippen molar-refractivity contribution in [2.75, 3.05) is 39.9 Å². The van der Waals surface area contributed by atoms with E-state index in [1.165, 1.54) is 12.8 Å². The first-order valence-electron chi connectivity index (χ1n) is 7.09. The quantitative estimate of drug-likeness (QED) is 0.741. The van der Waals surface area contributed by atoms with E-state index >= 15 is 0 Å². The van der Waals surface area contributed by atoms with Crippen molar-refractivity contribution < 1.29 is 13.9 Å². The van der Waals surface area contributed by atoms with Crippen molar-refractivity contribution in [1.82, 2.24) is 15.5 Å². The van der Waals surface area contributed by atoms with Crippen LogP contribution in [0.4, 0.5) is 4.79 Å². The number of nitrogens with one attached hydrogen (secondary N) is 2. The summed E-state index contributed by atoms with van der Waals surface area (Å²) in [5, 5.41) is 5.65. The third-order valence-electron chi connectivity index (χ3n) is 3.50. The molecule has 0 bridgehead atoms. The second kappa shape index (κ2) is 7.91. The number of amides is 2. The molecule has 2 amide bonds. The van der Waals surface area contributed by atoms with Crippen LogP contribution in [0.5, 0.6) is 0 Å². The number of furan rings is 1. The molecule has 6 nitrogen and oxygen atoms in total. The van der Waals surface area contributed by atoms with Gasteiger partial charge in [0, 0.05) is 20.2 Å². The lowest BCUT2D eigenvalue weighted by Crippen LogP contribution is -2.42. The number of hydrogen-bond donors (Lipinski definition) is 2. The molecule has 1 aromatic rings. The van der Waals surface area contributed by atoms with Gasteiger partial charge >= 0.3 is 6.03 Å². The van der Waals surface area contributed by atoms with Crippen LogP contribution in [0, 0.1) is 0 Å². The van der Waals surface area contributed by atoms with E-state index in [0.29, 0.717) is 19.7 Å². The predicted octanol–water partition coefficient (Wildman–Crippen LogP) is 1.36. The van der Waals surface area contributed by atoms with E-state index in [1.807, 2.05) is 12.1 Å². The number of methoxy groups -OCH3 is 1. The number of rotatable bonds is 7. The van der Waals surface area contributed by atoms with Gasteiger partial charge in [0.05, 0.1) is 18.9 Å². The van der Waals surface area contributed by atoms with Crippen molar-refractivity contribution in [2.45, 2.75) is 18.9 Å². The van der Waals surface area contributed by atoms with E-state index in [1.54, 1.807) is 13.4 Å². The molecule has 0 aromatic carbocycles. The molecule has 1 fully saturated rings. The SMILES string of the molecule is COCCNC(=O)NCC(c1ccco1)N1CCCC1. The van der Waals surface area contributed by atoms with Crippen LogP contribution >= 0.6 is 0 Å². The Morgan fingerprint density at radius 2 is 2.25 bits per heavy atom. The van der Waals surface area contributed by atoms with Crippen molar-refractivity contribution in [1.29, 1.82) is 0 Å². The molecular weight excluding hydrogens is 258 g/mol. The van der Waals surface area contributed by atoms with Gasteiger partial charge in [-0.15, -0.1) is 0 Å². The van der Waals surface area contributed by atoms with Crippen LogP contribution in [0.3, 0.4) is 0 Å². The Balaban J connectivity index is 1.83. The van der Waals surface area contributed by atoms with Crippen LogP contribution in [0.2, 0.25) is 0 Å². The number of hydrogen-bond acceptors (Lipinski definition) is 4. The van der Waals surface area contributed by atoms with Crippen LogP contribution in [0.1, 0.15) is 24.6 Å². The molecular formula is C14H23N3O3. The zero-order valence-corrected chi connectivity index (χ0v) is 11.9. The Bertz CT molecular complexity index is 388. The number of nitrogens with zero attached hydrogens (tertiary/aromatic N) is 1. The lowest BCUT2D eigenvalue weighted by atomic mass is 10.2. The van der Waals surface area contributed by atoms with Gasteiger partial charge < -0.3 is 19.8 Å². The normalized spacial score (nSPS) is 17.1. The van der Waals surface area contributed by atoms with Gasteiger partial charge in [0.25, 0.3) is 0 Å². The molecule has 2 N–H and O–H groups in total. The fourth-order valence-electron chi connectivity index (χ4n) is 2.46. The minimum Gasteiger partial charge on any atom is -0.468 e. The maximum absolute atomic E-state index is 11.7. The van der Waals surface area contributed by atoms with Crippen molar-refractivity contribution in [3.05, 3.63) is 24.2 Å². The van der Waals surface area contributed by atoms with E-state index in [2.05, 4.69) is 15.5 Å². The zero-order valence-electron chi connectivity index (χ0n) is 11.9. The van der Waals surface area contributed by atoms with Crippen LogP contribution in [0.15, 0.2) is 22.8 Å². The van der Waals surface area contributed by atoms with Gasteiger partial charge in [0.1, 0.15) is 5.76 Å². The lowest BCUT2D eigenvalue weighted by Gasteiger charge is -2.26. The van der Waals surface area contributed by atoms with Crippen molar-refractivity contribution >= 4 is 6.03 Å². The third-order valence-corrected chi connectivity index (χ3v) is 3.50. The van der Waals surface area contributed by atoms with Gasteiger partial charge in [-0.3, -0.25) is 4.90 Å². The average molecular weight is 281 g/mol. The molecule has 20 heavy (non-hydrogen) atoms. The van der Waals surface area contributed by atoms with Gasteiger partial charge in [-0.2, -0.15) is 0 Å². The van der Waals surface area contributed by atoms with E-state index in [4.69, 9.17) is 9.15 Å². The van der Waals surface area contributed by atoms with Crippen molar-refractivity contribution in [3.63, 3.8) is 0 Å². The molecule has 1 atom stereocenters. The topological polar surface area (TPSA) is 66.7 Å². The average Bonchev–Trinajstić information content (AvgIpc) is 3.12. The molecule has 0 saturated carbocycles. The smallest absolute Gasteiger partial charge is 0.314 e. The van der Waals surface area contributed by atoms with Gasteiger partial charge in [-0.25, -0.2) is 4.79 Å². The lowest BCUT2D eigenvalue weighted by molar-refractivity contribution is 0.190. The fraction of sp³-hybridized carbons (Fsp3) is 0.643. The first-order chi connectivity index (χ1) is 9.81. The largest absolute Gasteiger partial charge is 0.468 e. The van der Waals surface area contributed by atoms with Crippen molar-refractivity contribution in [2.24, 2.45) is 0 Å². The highest BCUT2D eigenvalue weighted by atomic mass is 16.5. The Morgan fingerprint density at radius 3 is 2.90 bits per heavy atom. The number of likely N-dealkylation sites (tertiary alicyclic amines) is 1. The minimum absolute atomic E-state index is 0.112. The summed E-state index contributed by atoms with van der Waals surface area (Å²) in [6.07, 6.45) is 4.09. The predicted molar refractivity (Wildman–Crippen MR) is 75.5 cm³/mol. The summed E-state index contributed by atoms with van der Waals surface area (Å²) in [7, 11) is 1.61. The highest BCUT2D eigenvalue weighted by Gasteiger charge is 2.25. The van der Waals surface area contributed by atoms with Crippen molar-refractivity contribution in [3.8, 4) is 0 Å². The molecule has 112 valence electrons. The number of carbonyl (C=O) groups excluding carboxylic acids is 1. The number of carbonyl (C=O) groups is 1. The summed E-state index contributed by atoms with van der Waals surface area (Å²) >= 11 is 0. The summed E-state index contributed by atoms with van der Waals surface area (Å²) in [6.45, 7) is 3.68. The molecule has 1 aliphatic rings. The van der Waals surface area contributed by atoms with Crippen LogP contribution in [0.25, 0.3) is 0 Å². The van der Waals surface area contributed by atoms with Gasteiger partial charge in [-0.05, 0) is 38.1 Å². The maximum Gasteiger partial charge on any atom is 0.314 e. The Labute approximate surface area is 119 Å². The van der Waals surface area contributed by atoms with Gasteiger partial charge in [0.15, 0.2) is 0 Å². The minimum atomic E-state index is -0.169. The molecule has 2 rings (SSSR count). The molecule has 0 aliphatic carbocycles. The van der Waals surface area contributed by atoms with E-state index < -0.39 is 0 Å². The Kier molecular flexibility index (Phi) is 5.88. The molecule has 6 heteroatoms. The zero-order chi connectivity index (χ0) is 14.2. The second-order valence-electron chi connectivity index (χ2n) is 4.90. The van der Waals surface area contributed by atoms with Crippen LogP contribution in [-0.4, -0.2) is 50.8 Å². The van der Waals surface area contributed by atoms with E-state index in [0.717, 1.165) is 18.8 Å². The first kappa shape index (κ1) is 14.9. The molecule has 1 unspecified atom stereocenters. The fourth-order valence-corrected chi connectivity index (χ4v) is 2.46. The number of ether oxygens (including phenoxy) is 1. The third kappa shape index (κ3) is 4.25. The Hall–Kier alpha value is -1.53. The summed E-state index contributed by atoms with van der Waals surface area (Å²) in [4.78, 5) is 14.0. The number of urea groups is 1. The molecule has 2 heterocycles. The Morgan fingerprint density at radius 1 is 1.45 bits per heavy atom. The molecule has 0 radical (unpaired) electrons. The summed E-state index contributed by atoms with van der Waals surface area (Å²) in [5.41, 5.74) is 0. The monoisotopic (exact) mass is 281 g/mol. The molecule has 0 spiro atoms. The van der Waals surface area contributed by atoms with Gasteiger partial charge in [0.2, 0.25) is 0 Å². The summed E-state index contributed by atoms with van der Waals surface area (Å²) in [5.74, 6) is 0.907. The standard InChI is InChI=1S/C14H23N3O3/c1-19-10-6-15-14(18)16-11-12(13-5-4-9-20-13)17-7-2-3-8-17/h4-5,9,12H,2-3,6-8,10-11H2,1H3,(H2,15,16,18). The maximum atomic E-state index is 11.7. The van der Waals surface area contributed by atoms with Crippen LogP contribution in [-0.2, 0) is 4.74 Å².